The van der Waals surface area contributed by atoms with E-state index in [1.807, 2.05) is 30.3 Å². The van der Waals surface area contributed by atoms with Gasteiger partial charge in [0, 0.05) is 30.7 Å². The third-order valence-corrected chi connectivity index (χ3v) is 6.49. The van der Waals surface area contributed by atoms with Crippen LogP contribution in [0.5, 0.6) is 0 Å². The second-order valence-electron chi connectivity index (χ2n) is 8.17. The Morgan fingerprint density at radius 3 is 2.59 bits per heavy atom. The Hall–Kier alpha value is -3.05. The summed E-state index contributed by atoms with van der Waals surface area (Å²) in [5.41, 5.74) is 1.69. The molecule has 32 heavy (non-hydrogen) atoms. The first-order valence-electron chi connectivity index (χ1n) is 10.6. The Kier molecular flexibility index (Phi) is 5.51. The van der Waals surface area contributed by atoms with Gasteiger partial charge in [-0.3, -0.25) is 10.00 Å². The van der Waals surface area contributed by atoms with Crippen molar-refractivity contribution in [3.8, 4) is 11.4 Å². The molecule has 2 atom stereocenters. The molecule has 2 N–H and O–H groups in total. The van der Waals surface area contributed by atoms with Crippen molar-refractivity contribution in [2.45, 2.75) is 32.5 Å². The summed E-state index contributed by atoms with van der Waals surface area (Å²) in [7, 11) is 2.17. The number of nitrogens with zero attached hydrogens (tertiary/aromatic N) is 8. The summed E-state index contributed by atoms with van der Waals surface area (Å²) in [5, 5.41) is 15.1. The molecule has 0 radical (unpaired) electrons. The van der Waals surface area contributed by atoms with Gasteiger partial charge in [0.15, 0.2) is 11.5 Å². The summed E-state index contributed by atoms with van der Waals surface area (Å²) in [6.07, 6.45) is 1.73. The predicted octanol–water partition coefficient (Wildman–Crippen LogP) is 2.81. The number of anilines is 2. The van der Waals surface area contributed by atoms with Crippen LogP contribution in [-0.4, -0.2) is 71.9 Å². The maximum atomic E-state index is 4.81. The van der Waals surface area contributed by atoms with Gasteiger partial charge in [-0.25, -0.2) is 4.98 Å². The average Bonchev–Trinajstić information content (AvgIpc) is 3.43. The van der Waals surface area contributed by atoms with Crippen molar-refractivity contribution >= 4 is 33.5 Å². The first kappa shape index (κ1) is 20.8. The summed E-state index contributed by atoms with van der Waals surface area (Å²) in [5.74, 6) is 2.67. The smallest absolute Gasteiger partial charge is 0.230 e. The van der Waals surface area contributed by atoms with Gasteiger partial charge in [0.05, 0.1) is 17.2 Å². The van der Waals surface area contributed by atoms with Crippen molar-refractivity contribution in [3.63, 3.8) is 0 Å². The topological polar surface area (TPSA) is 103 Å². The van der Waals surface area contributed by atoms with E-state index in [1.165, 1.54) is 0 Å². The number of H-pyrrole nitrogens is 1. The van der Waals surface area contributed by atoms with Gasteiger partial charge in [0.2, 0.25) is 11.9 Å². The number of benzene rings is 1. The van der Waals surface area contributed by atoms with Gasteiger partial charge in [-0.2, -0.15) is 24.7 Å². The van der Waals surface area contributed by atoms with E-state index in [4.69, 9.17) is 9.97 Å². The fourth-order valence-electron chi connectivity index (χ4n) is 3.92. The molecule has 1 aliphatic rings. The Bertz CT molecular complexity index is 1210. The van der Waals surface area contributed by atoms with Gasteiger partial charge in [0.25, 0.3) is 0 Å². The number of fused-ring (bicyclic) bond motifs is 1. The molecule has 0 bridgehead atoms. The second kappa shape index (κ2) is 8.47. The number of likely N-dealkylation sites (N-methyl/N-ethyl adjacent to an activating group) is 1. The van der Waals surface area contributed by atoms with E-state index in [1.54, 1.807) is 10.7 Å². The van der Waals surface area contributed by atoms with Crippen molar-refractivity contribution in [1.82, 2.24) is 39.7 Å². The highest BCUT2D eigenvalue weighted by atomic mass is 79.9. The van der Waals surface area contributed by atoms with E-state index in [-0.39, 0.29) is 0 Å². The fraction of sp³-hybridized carbons (Fsp3) is 0.381. The summed E-state index contributed by atoms with van der Waals surface area (Å²) in [6.45, 7) is 6.61. The number of piperazine rings is 1. The SMILES string of the molecule is C[C@@H]1CN(c2nc(NCc3nc(-c4ccccc4)n[nH]3)n3ncc(Br)c3n2)C[C@H](C)N1C. The minimum absolute atomic E-state index is 0.411. The maximum absolute atomic E-state index is 4.81. The van der Waals surface area contributed by atoms with Crippen molar-refractivity contribution in [2.24, 2.45) is 0 Å². The Labute approximate surface area is 194 Å². The van der Waals surface area contributed by atoms with E-state index < -0.39 is 0 Å². The van der Waals surface area contributed by atoms with Crippen LogP contribution >= 0.6 is 15.9 Å². The van der Waals surface area contributed by atoms with E-state index in [2.05, 4.69) is 72.2 Å². The number of halogens is 1. The Balaban J connectivity index is 1.41. The van der Waals surface area contributed by atoms with Crippen LogP contribution in [0.1, 0.15) is 19.7 Å². The molecule has 4 aromatic rings. The third-order valence-electron chi connectivity index (χ3n) is 5.93. The Morgan fingerprint density at radius 1 is 1.09 bits per heavy atom. The van der Waals surface area contributed by atoms with Gasteiger partial charge < -0.3 is 10.2 Å². The van der Waals surface area contributed by atoms with Crippen molar-refractivity contribution in [1.29, 1.82) is 0 Å². The normalized spacial score (nSPS) is 19.6. The van der Waals surface area contributed by atoms with Crippen LogP contribution in [0, 0.1) is 0 Å². The van der Waals surface area contributed by atoms with Gasteiger partial charge >= 0.3 is 0 Å². The molecule has 0 amide bonds. The summed E-state index contributed by atoms with van der Waals surface area (Å²) < 4.78 is 2.52. The van der Waals surface area contributed by atoms with Gasteiger partial charge in [0.1, 0.15) is 5.82 Å². The number of nitrogens with one attached hydrogen (secondary N) is 2. The van der Waals surface area contributed by atoms with Crippen molar-refractivity contribution in [3.05, 3.63) is 46.8 Å². The highest BCUT2D eigenvalue weighted by Crippen LogP contribution is 2.24. The first-order chi connectivity index (χ1) is 15.5. The van der Waals surface area contributed by atoms with Crippen LogP contribution in [0.4, 0.5) is 11.9 Å². The van der Waals surface area contributed by atoms with Crippen LogP contribution in [0.15, 0.2) is 41.0 Å². The molecule has 0 aliphatic carbocycles. The zero-order chi connectivity index (χ0) is 22.2. The lowest BCUT2D eigenvalue weighted by molar-refractivity contribution is 0.169. The standard InChI is InChI=1S/C21H25BrN10/c1-13-11-31(12-14(2)30(13)3)21-26-19-16(22)9-24-32(19)20(27-21)23-10-17-25-18(29-28-17)15-7-5-4-6-8-15/h4-9,13-14H,10-12H2,1-3H3,(H,23,26,27)(H,25,28,29)/t13-,14+. The summed E-state index contributed by atoms with van der Waals surface area (Å²) in [4.78, 5) is 18.8. The number of hydrogen-bond donors (Lipinski definition) is 2. The van der Waals surface area contributed by atoms with Crippen LogP contribution in [0.25, 0.3) is 17.0 Å². The molecule has 4 heterocycles. The molecule has 1 fully saturated rings. The molecule has 1 aromatic carbocycles. The quantitative estimate of drug-likeness (QED) is 0.434. The number of rotatable bonds is 5. The molecule has 166 valence electrons. The lowest BCUT2D eigenvalue weighted by atomic mass is 10.1. The van der Waals surface area contributed by atoms with Gasteiger partial charge in [-0.05, 0) is 36.8 Å². The first-order valence-corrected chi connectivity index (χ1v) is 11.4. The van der Waals surface area contributed by atoms with Crippen molar-refractivity contribution < 1.29 is 0 Å². The number of hydrogen-bond acceptors (Lipinski definition) is 8. The van der Waals surface area contributed by atoms with Gasteiger partial charge in [-0.1, -0.05) is 30.3 Å². The number of aromatic amines is 1. The highest BCUT2D eigenvalue weighted by molar-refractivity contribution is 9.10. The molecule has 0 spiro atoms. The van der Waals surface area contributed by atoms with Crippen LogP contribution in [0.2, 0.25) is 0 Å². The van der Waals surface area contributed by atoms with Crippen LogP contribution in [0.3, 0.4) is 0 Å². The Morgan fingerprint density at radius 2 is 1.84 bits per heavy atom. The molecular formula is C21H25BrN10. The molecule has 3 aromatic heterocycles. The molecule has 11 heteroatoms. The minimum atomic E-state index is 0.411. The molecule has 5 rings (SSSR count). The summed E-state index contributed by atoms with van der Waals surface area (Å²) in [6, 6.07) is 10.7. The molecule has 10 nitrogen and oxygen atoms in total. The van der Waals surface area contributed by atoms with E-state index in [0.717, 1.165) is 28.8 Å². The van der Waals surface area contributed by atoms with Gasteiger partial charge in [-0.15, -0.1) is 0 Å². The van der Waals surface area contributed by atoms with E-state index >= 15 is 0 Å². The average molecular weight is 497 g/mol. The van der Waals surface area contributed by atoms with E-state index in [9.17, 15) is 0 Å². The molecule has 1 saturated heterocycles. The third kappa shape index (κ3) is 3.93. The van der Waals surface area contributed by atoms with Crippen LogP contribution < -0.4 is 10.2 Å². The molecular weight excluding hydrogens is 472 g/mol. The van der Waals surface area contributed by atoms with Crippen molar-refractivity contribution in [2.75, 3.05) is 30.4 Å². The lowest BCUT2D eigenvalue weighted by Crippen LogP contribution is -2.55. The lowest BCUT2D eigenvalue weighted by Gasteiger charge is -2.42. The molecule has 0 unspecified atom stereocenters. The molecule has 0 saturated carbocycles. The van der Waals surface area contributed by atoms with Crippen LogP contribution in [-0.2, 0) is 6.54 Å². The maximum Gasteiger partial charge on any atom is 0.230 e. The zero-order valence-electron chi connectivity index (χ0n) is 18.2. The molecule has 1 aliphatic heterocycles. The highest BCUT2D eigenvalue weighted by Gasteiger charge is 2.29. The largest absolute Gasteiger partial charge is 0.347 e. The monoisotopic (exact) mass is 496 g/mol. The minimum Gasteiger partial charge on any atom is -0.347 e. The number of aromatic nitrogens is 7. The fourth-order valence-corrected chi connectivity index (χ4v) is 4.26. The van der Waals surface area contributed by atoms with E-state index in [0.29, 0.717) is 42.2 Å². The zero-order valence-corrected chi connectivity index (χ0v) is 19.8. The summed E-state index contributed by atoms with van der Waals surface area (Å²) >= 11 is 3.56. The second-order valence-corrected chi connectivity index (χ2v) is 9.02. The predicted molar refractivity (Wildman–Crippen MR) is 127 cm³/mol.